The fourth-order valence-electron chi connectivity index (χ4n) is 2.92. The van der Waals surface area contributed by atoms with E-state index < -0.39 is 5.97 Å². The maximum Gasteiger partial charge on any atom is 0.337 e. The standard InChI is InChI=1S/C19H21N3O4/c1-25-18(23)14-2-4-16(5-3-14)21-19(24)22-17-12-26-11-15(17)10-13-6-8-20-9-7-13/h2-9,15,17H,10-12H2,1H3,(H2,21,22,24)/t15-,17+/m1/s1. The summed E-state index contributed by atoms with van der Waals surface area (Å²) in [5, 5.41) is 5.73. The normalized spacial score (nSPS) is 19.0. The van der Waals surface area contributed by atoms with E-state index in [-0.39, 0.29) is 18.0 Å². The van der Waals surface area contributed by atoms with E-state index in [4.69, 9.17) is 4.74 Å². The Hall–Kier alpha value is -2.93. The van der Waals surface area contributed by atoms with Gasteiger partial charge in [0, 0.05) is 24.0 Å². The van der Waals surface area contributed by atoms with Crippen LogP contribution >= 0.6 is 0 Å². The van der Waals surface area contributed by atoms with Crippen molar-refractivity contribution >= 4 is 17.7 Å². The number of urea groups is 1. The second-order valence-electron chi connectivity index (χ2n) is 6.13. The number of nitrogens with zero attached hydrogens (tertiary/aromatic N) is 1. The van der Waals surface area contributed by atoms with E-state index in [0.29, 0.717) is 24.5 Å². The Bertz CT molecular complexity index is 749. The van der Waals surface area contributed by atoms with Crippen LogP contribution in [0.15, 0.2) is 48.8 Å². The summed E-state index contributed by atoms with van der Waals surface area (Å²) in [5.41, 5.74) is 2.20. The summed E-state index contributed by atoms with van der Waals surface area (Å²) in [5.74, 6) is -0.201. The average molecular weight is 355 g/mol. The van der Waals surface area contributed by atoms with Gasteiger partial charge in [-0.05, 0) is 48.4 Å². The molecule has 3 rings (SSSR count). The Morgan fingerprint density at radius 2 is 1.88 bits per heavy atom. The zero-order valence-corrected chi connectivity index (χ0v) is 14.5. The van der Waals surface area contributed by atoms with E-state index in [1.165, 1.54) is 12.7 Å². The number of aromatic nitrogens is 1. The SMILES string of the molecule is COC(=O)c1ccc(NC(=O)N[C@H]2COC[C@H]2Cc2ccncc2)cc1. The van der Waals surface area contributed by atoms with Crippen molar-refractivity contribution in [2.45, 2.75) is 12.5 Å². The van der Waals surface area contributed by atoms with Crippen molar-refractivity contribution in [1.29, 1.82) is 0 Å². The topological polar surface area (TPSA) is 89.5 Å². The maximum atomic E-state index is 12.3. The molecule has 1 saturated heterocycles. The third-order valence-electron chi connectivity index (χ3n) is 4.33. The molecule has 1 fully saturated rings. The van der Waals surface area contributed by atoms with Gasteiger partial charge in [-0.2, -0.15) is 0 Å². The minimum Gasteiger partial charge on any atom is -0.465 e. The first-order valence-corrected chi connectivity index (χ1v) is 8.38. The number of esters is 1. The molecule has 2 amide bonds. The van der Waals surface area contributed by atoms with Crippen LogP contribution in [0.5, 0.6) is 0 Å². The lowest BCUT2D eigenvalue weighted by Gasteiger charge is -2.19. The number of ether oxygens (including phenoxy) is 2. The predicted octanol–water partition coefficient (Wildman–Crippen LogP) is 2.25. The maximum absolute atomic E-state index is 12.3. The van der Waals surface area contributed by atoms with Crippen LogP contribution in [0.4, 0.5) is 10.5 Å². The molecule has 26 heavy (non-hydrogen) atoms. The zero-order valence-electron chi connectivity index (χ0n) is 14.5. The Morgan fingerprint density at radius 1 is 1.15 bits per heavy atom. The lowest BCUT2D eigenvalue weighted by atomic mass is 9.95. The van der Waals surface area contributed by atoms with Crippen LogP contribution < -0.4 is 10.6 Å². The number of rotatable bonds is 5. The van der Waals surface area contributed by atoms with Gasteiger partial charge in [0.1, 0.15) is 0 Å². The second-order valence-corrected chi connectivity index (χ2v) is 6.13. The van der Waals surface area contributed by atoms with E-state index in [2.05, 4.69) is 20.4 Å². The zero-order chi connectivity index (χ0) is 18.4. The van der Waals surface area contributed by atoms with E-state index in [9.17, 15) is 9.59 Å². The summed E-state index contributed by atoms with van der Waals surface area (Å²) in [7, 11) is 1.33. The van der Waals surface area contributed by atoms with Crippen molar-refractivity contribution in [1.82, 2.24) is 10.3 Å². The molecule has 7 nitrogen and oxygen atoms in total. The number of methoxy groups -OCH3 is 1. The van der Waals surface area contributed by atoms with Gasteiger partial charge >= 0.3 is 12.0 Å². The fourth-order valence-corrected chi connectivity index (χ4v) is 2.92. The molecular weight excluding hydrogens is 334 g/mol. The monoisotopic (exact) mass is 355 g/mol. The van der Waals surface area contributed by atoms with Gasteiger partial charge in [-0.3, -0.25) is 4.98 Å². The number of hydrogen-bond acceptors (Lipinski definition) is 5. The third-order valence-corrected chi connectivity index (χ3v) is 4.33. The highest BCUT2D eigenvalue weighted by Gasteiger charge is 2.29. The second kappa shape index (κ2) is 8.44. The number of nitrogens with one attached hydrogen (secondary N) is 2. The molecule has 1 aliphatic rings. The number of carbonyl (C=O) groups is 2. The summed E-state index contributed by atoms with van der Waals surface area (Å²) in [6.07, 6.45) is 4.35. The van der Waals surface area contributed by atoms with E-state index in [1.807, 2.05) is 12.1 Å². The highest BCUT2D eigenvalue weighted by molar-refractivity contribution is 5.92. The Balaban J connectivity index is 1.54. The fraction of sp³-hybridized carbons (Fsp3) is 0.316. The van der Waals surface area contributed by atoms with Gasteiger partial charge in [0.15, 0.2) is 0 Å². The van der Waals surface area contributed by atoms with Gasteiger partial charge in [0.2, 0.25) is 0 Å². The largest absolute Gasteiger partial charge is 0.465 e. The van der Waals surface area contributed by atoms with Gasteiger partial charge < -0.3 is 20.1 Å². The van der Waals surface area contributed by atoms with Crippen molar-refractivity contribution in [3.8, 4) is 0 Å². The molecule has 0 radical (unpaired) electrons. The molecule has 2 atom stereocenters. The van der Waals surface area contributed by atoms with Crippen molar-refractivity contribution in [2.75, 3.05) is 25.6 Å². The predicted molar refractivity (Wildman–Crippen MR) is 96.0 cm³/mol. The van der Waals surface area contributed by atoms with Crippen molar-refractivity contribution < 1.29 is 19.1 Å². The molecule has 2 N–H and O–H groups in total. The summed E-state index contributed by atoms with van der Waals surface area (Å²) >= 11 is 0. The minimum atomic E-state index is -0.414. The van der Waals surface area contributed by atoms with Gasteiger partial charge in [-0.25, -0.2) is 9.59 Å². The minimum absolute atomic E-state index is 0.0579. The Morgan fingerprint density at radius 3 is 2.58 bits per heavy atom. The van der Waals surface area contributed by atoms with Crippen LogP contribution in [0, 0.1) is 5.92 Å². The smallest absolute Gasteiger partial charge is 0.337 e. The molecule has 0 saturated carbocycles. The summed E-state index contributed by atoms with van der Waals surface area (Å²) in [6, 6.07) is 10.1. The molecule has 7 heteroatoms. The highest BCUT2D eigenvalue weighted by atomic mass is 16.5. The molecule has 0 unspecified atom stereocenters. The molecule has 1 aromatic carbocycles. The number of amides is 2. The van der Waals surface area contributed by atoms with E-state index in [1.54, 1.807) is 36.7 Å². The van der Waals surface area contributed by atoms with Gasteiger partial charge in [-0.1, -0.05) is 0 Å². The summed E-state index contributed by atoms with van der Waals surface area (Å²) in [4.78, 5) is 27.7. The lowest BCUT2D eigenvalue weighted by molar-refractivity contribution is 0.0600. The van der Waals surface area contributed by atoms with E-state index in [0.717, 1.165) is 6.42 Å². The Kier molecular flexibility index (Phi) is 5.80. The third kappa shape index (κ3) is 4.58. The van der Waals surface area contributed by atoms with Crippen molar-refractivity contribution in [3.05, 3.63) is 59.9 Å². The average Bonchev–Trinajstić information content (AvgIpc) is 3.09. The van der Waals surface area contributed by atoms with Gasteiger partial charge in [0.05, 0.1) is 31.9 Å². The number of benzene rings is 1. The number of hydrogen-bond donors (Lipinski definition) is 2. The molecule has 1 aromatic heterocycles. The highest BCUT2D eigenvalue weighted by Crippen LogP contribution is 2.19. The number of pyridine rings is 1. The Labute approximate surface area is 151 Å². The summed E-state index contributed by atoms with van der Waals surface area (Å²) < 4.78 is 10.2. The van der Waals surface area contributed by atoms with Gasteiger partial charge in [-0.15, -0.1) is 0 Å². The summed E-state index contributed by atoms with van der Waals surface area (Å²) in [6.45, 7) is 1.10. The van der Waals surface area contributed by atoms with Crippen LogP contribution in [0.25, 0.3) is 0 Å². The lowest BCUT2D eigenvalue weighted by Crippen LogP contribution is -2.42. The van der Waals surface area contributed by atoms with Crippen LogP contribution in [-0.2, 0) is 15.9 Å². The number of anilines is 1. The first kappa shape index (κ1) is 17.9. The number of carbonyl (C=O) groups excluding carboxylic acids is 2. The molecule has 1 aliphatic heterocycles. The van der Waals surface area contributed by atoms with Crippen LogP contribution in [0.1, 0.15) is 15.9 Å². The van der Waals surface area contributed by atoms with Gasteiger partial charge in [0.25, 0.3) is 0 Å². The molecule has 2 aromatic rings. The molecule has 2 heterocycles. The molecule has 0 spiro atoms. The molecule has 0 bridgehead atoms. The quantitative estimate of drug-likeness (QED) is 0.803. The molecule has 0 aliphatic carbocycles. The molecule has 136 valence electrons. The van der Waals surface area contributed by atoms with Crippen molar-refractivity contribution in [2.24, 2.45) is 5.92 Å². The first-order chi connectivity index (χ1) is 12.7. The first-order valence-electron chi connectivity index (χ1n) is 8.38. The van der Waals surface area contributed by atoms with Crippen molar-refractivity contribution in [3.63, 3.8) is 0 Å². The molecular formula is C19H21N3O4. The van der Waals surface area contributed by atoms with Crippen LogP contribution in [0.2, 0.25) is 0 Å². The van der Waals surface area contributed by atoms with Crippen LogP contribution in [0.3, 0.4) is 0 Å². The van der Waals surface area contributed by atoms with Crippen LogP contribution in [-0.4, -0.2) is 43.3 Å². The van der Waals surface area contributed by atoms with E-state index >= 15 is 0 Å².